The number of nitrogens with one attached hydrogen (secondary N) is 2. The van der Waals surface area contributed by atoms with Crippen molar-refractivity contribution in [1.29, 1.82) is 0 Å². The fraction of sp³-hybridized carbons (Fsp3) is 0.300. The molecule has 1 fully saturated rings. The van der Waals surface area contributed by atoms with Crippen molar-refractivity contribution >= 4 is 11.8 Å². The van der Waals surface area contributed by atoms with E-state index in [2.05, 4.69) is 5.32 Å². The van der Waals surface area contributed by atoms with E-state index in [1.165, 1.54) is 54.9 Å². The summed E-state index contributed by atoms with van der Waals surface area (Å²) in [6, 6.07) is 6.81. The molecular weight excluding hydrogens is 421 g/mol. The lowest BCUT2D eigenvalue weighted by Gasteiger charge is -2.45. The molecule has 31 heavy (non-hydrogen) atoms. The van der Waals surface area contributed by atoms with Gasteiger partial charge in [0.2, 0.25) is 12.5 Å². The fourth-order valence-corrected chi connectivity index (χ4v) is 3.66. The summed E-state index contributed by atoms with van der Waals surface area (Å²) in [7, 11) is 1.40. The summed E-state index contributed by atoms with van der Waals surface area (Å²) in [5.41, 5.74) is -3.78. The third-order valence-electron chi connectivity index (χ3n) is 5.22. The van der Waals surface area contributed by atoms with Crippen LogP contribution in [0, 0.1) is 5.92 Å². The van der Waals surface area contributed by atoms with Crippen molar-refractivity contribution in [3.8, 4) is 17.2 Å². The van der Waals surface area contributed by atoms with Crippen molar-refractivity contribution in [2.24, 2.45) is 5.92 Å². The number of carbonyl (C=O) groups excluding carboxylic acids is 2. The van der Waals surface area contributed by atoms with Crippen molar-refractivity contribution in [2.45, 2.75) is 17.9 Å². The predicted molar refractivity (Wildman–Crippen MR) is 98.8 cm³/mol. The summed E-state index contributed by atoms with van der Waals surface area (Å²) < 4.78 is 57.3. The Hall–Kier alpha value is -3.47. The van der Waals surface area contributed by atoms with E-state index in [-0.39, 0.29) is 23.7 Å². The molecule has 2 aromatic rings. The lowest BCUT2D eigenvalue weighted by Crippen LogP contribution is -2.72. The van der Waals surface area contributed by atoms with Crippen molar-refractivity contribution in [3.05, 3.63) is 53.6 Å². The van der Waals surface area contributed by atoms with Gasteiger partial charge in [-0.1, -0.05) is 6.07 Å². The third kappa shape index (κ3) is 3.50. The maximum Gasteiger partial charge on any atom is 0.437 e. The van der Waals surface area contributed by atoms with Crippen LogP contribution < -0.4 is 24.8 Å². The van der Waals surface area contributed by atoms with Crippen molar-refractivity contribution < 1.29 is 42.1 Å². The average Bonchev–Trinajstić information content (AvgIpc) is 3.20. The van der Waals surface area contributed by atoms with Gasteiger partial charge < -0.3 is 30.0 Å². The lowest BCUT2D eigenvalue weighted by molar-refractivity contribution is -0.287. The molecular formula is C20H17F3N2O6. The summed E-state index contributed by atoms with van der Waals surface area (Å²) in [6.45, 7) is -0.0714. The highest BCUT2D eigenvalue weighted by Gasteiger charge is 2.66. The molecule has 2 aromatic carbocycles. The van der Waals surface area contributed by atoms with Crippen LogP contribution in [0.3, 0.4) is 0 Å². The summed E-state index contributed by atoms with van der Waals surface area (Å²) in [6.07, 6.45) is -5.34. The van der Waals surface area contributed by atoms with Crippen LogP contribution in [0.5, 0.6) is 17.2 Å². The van der Waals surface area contributed by atoms with Gasteiger partial charge in [0.25, 0.3) is 0 Å². The first-order valence-corrected chi connectivity index (χ1v) is 9.09. The standard InChI is InChI=1S/C20H17F3N2O6/c1-29-12-5-2-10(3-6-12)17(26)15-16(11-4-7-13-14(8-11)31-9-30-13)24-18(27)25-19(15,28)20(21,22)23/h2-8,15-16,28H,9H2,1H3,(H2,24,25,27)/t15-,16+,19+/m0/s1. The number of fused-ring (bicyclic) bond motifs is 1. The zero-order valence-electron chi connectivity index (χ0n) is 16.0. The number of methoxy groups -OCH3 is 1. The number of ether oxygens (including phenoxy) is 3. The monoisotopic (exact) mass is 438 g/mol. The Labute approximate surface area is 173 Å². The minimum atomic E-state index is -5.34. The first-order chi connectivity index (χ1) is 14.6. The van der Waals surface area contributed by atoms with Crippen LogP contribution in [-0.4, -0.2) is 42.7 Å². The van der Waals surface area contributed by atoms with E-state index in [4.69, 9.17) is 14.2 Å². The zero-order valence-corrected chi connectivity index (χ0v) is 16.0. The molecule has 0 aliphatic carbocycles. The van der Waals surface area contributed by atoms with E-state index < -0.39 is 35.7 Å². The van der Waals surface area contributed by atoms with Gasteiger partial charge in [0.1, 0.15) is 11.7 Å². The second kappa shape index (κ2) is 7.34. The number of Topliss-reactive ketones (excluding diaryl/α,β-unsaturated/α-hetero) is 1. The van der Waals surface area contributed by atoms with Gasteiger partial charge in [0.15, 0.2) is 17.3 Å². The summed E-state index contributed by atoms with van der Waals surface area (Å²) in [5, 5.41) is 14.4. The molecule has 8 nitrogen and oxygen atoms in total. The van der Waals surface area contributed by atoms with Crippen LogP contribution in [0.15, 0.2) is 42.5 Å². The van der Waals surface area contributed by atoms with Gasteiger partial charge >= 0.3 is 12.2 Å². The van der Waals surface area contributed by atoms with Gasteiger partial charge in [0.05, 0.1) is 13.2 Å². The van der Waals surface area contributed by atoms with Gasteiger partial charge in [-0.05, 0) is 42.0 Å². The Balaban J connectivity index is 1.82. The van der Waals surface area contributed by atoms with Gasteiger partial charge in [-0.2, -0.15) is 13.2 Å². The minimum absolute atomic E-state index is 0.0714. The third-order valence-corrected chi connectivity index (χ3v) is 5.22. The molecule has 164 valence electrons. The molecule has 1 saturated heterocycles. The van der Waals surface area contributed by atoms with Crippen molar-refractivity contribution in [1.82, 2.24) is 10.6 Å². The summed E-state index contributed by atoms with van der Waals surface area (Å²) in [5.74, 6) is -2.16. The lowest BCUT2D eigenvalue weighted by atomic mass is 9.77. The Morgan fingerprint density at radius 3 is 2.48 bits per heavy atom. The number of rotatable bonds is 4. The van der Waals surface area contributed by atoms with E-state index in [1.807, 2.05) is 0 Å². The average molecular weight is 438 g/mol. The van der Waals surface area contributed by atoms with Crippen LogP contribution in [0.25, 0.3) is 0 Å². The zero-order chi connectivity index (χ0) is 22.4. The molecule has 3 N–H and O–H groups in total. The number of carbonyl (C=O) groups is 2. The maximum absolute atomic E-state index is 13.9. The van der Waals surface area contributed by atoms with Crippen molar-refractivity contribution in [2.75, 3.05) is 13.9 Å². The Kier molecular flexibility index (Phi) is 4.92. The quantitative estimate of drug-likeness (QED) is 0.634. The van der Waals surface area contributed by atoms with E-state index in [9.17, 15) is 27.9 Å². The molecule has 2 aliphatic rings. The van der Waals surface area contributed by atoms with E-state index >= 15 is 0 Å². The second-order valence-electron chi connectivity index (χ2n) is 7.02. The first-order valence-electron chi connectivity index (χ1n) is 9.09. The molecule has 2 amide bonds. The molecule has 3 atom stereocenters. The number of hydrogen-bond acceptors (Lipinski definition) is 6. The van der Waals surface area contributed by atoms with E-state index in [1.54, 1.807) is 0 Å². The highest BCUT2D eigenvalue weighted by Crippen LogP contribution is 2.45. The van der Waals surface area contributed by atoms with Crippen LogP contribution in [0.2, 0.25) is 0 Å². The molecule has 0 spiro atoms. The first kappa shape index (κ1) is 20.8. The Morgan fingerprint density at radius 1 is 1.16 bits per heavy atom. The normalized spacial score (nSPS) is 24.9. The van der Waals surface area contributed by atoms with Gasteiger partial charge in [-0.3, -0.25) is 4.79 Å². The molecule has 2 heterocycles. The second-order valence-corrected chi connectivity index (χ2v) is 7.02. The number of ketones is 1. The van der Waals surface area contributed by atoms with Crippen LogP contribution in [-0.2, 0) is 0 Å². The summed E-state index contributed by atoms with van der Waals surface area (Å²) in [4.78, 5) is 25.3. The Morgan fingerprint density at radius 2 is 1.84 bits per heavy atom. The number of benzene rings is 2. The number of hydrogen-bond donors (Lipinski definition) is 3. The minimum Gasteiger partial charge on any atom is -0.497 e. The highest BCUT2D eigenvalue weighted by atomic mass is 19.4. The number of urea groups is 1. The fourth-order valence-electron chi connectivity index (χ4n) is 3.66. The van der Waals surface area contributed by atoms with E-state index in [0.29, 0.717) is 11.5 Å². The van der Waals surface area contributed by atoms with Gasteiger partial charge in [0, 0.05) is 5.56 Å². The Bertz CT molecular complexity index is 1030. The topological polar surface area (TPSA) is 106 Å². The molecule has 2 aliphatic heterocycles. The predicted octanol–water partition coefficient (Wildman–Crippen LogP) is 2.53. The maximum atomic E-state index is 13.9. The number of amides is 2. The van der Waals surface area contributed by atoms with E-state index in [0.717, 1.165) is 0 Å². The van der Waals surface area contributed by atoms with Crippen LogP contribution >= 0.6 is 0 Å². The van der Waals surface area contributed by atoms with Gasteiger partial charge in [-0.15, -0.1) is 0 Å². The molecule has 11 heteroatoms. The molecule has 0 radical (unpaired) electrons. The summed E-state index contributed by atoms with van der Waals surface area (Å²) >= 11 is 0. The SMILES string of the molecule is COc1ccc(C(=O)[C@@H]2[C@@H](c3ccc4c(c3)OCO4)NC(=O)N[C@]2(O)C(F)(F)F)cc1. The highest BCUT2D eigenvalue weighted by molar-refractivity contribution is 6.00. The van der Waals surface area contributed by atoms with Gasteiger partial charge in [-0.25, -0.2) is 4.79 Å². The number of aliphatic hydroxyl groups is 1. The smallest absolute Gasteiger partial charge is 0.437 e. The van der Waals surface area contributed by atoms with Crippen molar-refractivity contribution in [3.63, 3.8) is 0 Å². The largest absolute Gasteiger partial charge is 0.497 e. The van der Waals surface area contributed by atoms with Crippen LogP contribution in [0.1, 0.15) is 22.0 Å². The molecule has 0 bridgehead atoms. The number of alkyl halides is 3. The molecule has 4 rings (SSSR count). The molecule has 0 aromatic heterocycles. The number of halogens is 3. The molecule has 0 unspecified atom stereocenters. The molecule has 0 saturated carbocycles. The van der Waals surface area contributed by atoms with Crippen LogP contribution in [0.4, 0.5) is 18.0 Å².